The molecule has 0 aliphatic carbocycles. The van der Waals surface area contributed by atoms with E-state index in [1.807, 2.05) is 12.3 Å². The van der Waals surface area contributed by atoms with Crippen molar-refractivity contribution in [3.8, 4) is 0 Å². The molecular formula is C17H22N2O. The first-order valence-corrected chi connectivity index (χ1v) is 7.44. The number of rotatable bonds is 4. The van der Waals surface area contributed by atoms with E-state index in [2.05, 4.69) is 48.4 Å². The zero-order chi connectivity index (χ0) is 13.9. The molecule has 1 aliphatic heterocycles. The lowest BCUT2D eigenvalue weighted by atomic mass is 9.93. The molecule has 3 heteroatoms. The highest BCUT2D eigenvalue weighted by Crippen LogP contribution is 2.37. The smallest absolute Gasteiger partial charge is 0.0873 e. The topological polar surface area (TPSA) is 34.1 Å². The third-order valence-corrected chi connectivity index (χ3v) is 3.99. The summed E-state index contributed by atoms with van der Waals surface area (Å²) in [4.78, 5) is 4.44. The molecule has 3 nitrogen and oxygen atoms in total. The molecule has 0 radical (unpaired) electrons. The second kappa shape index (κ2) is 5.90. The van der Waals surface area contributed by atoms with Crippen molar-refractivity contribution in [1.82, 2.24) is 10.3 Å². The van der Waals surface area contributed by atoms with Crippen molar-refractivity contribution in [2.75, 3.05) is 13.2 Å². The third-order valence-electron chi connectivity index (χ3n) is 3.99. The van der Waals surface area contributed by atoms with Gasteiger partial charge in [0.05, 0.1) is 11.6 Å². The Morgan fingerprint density at radius 1 is 1.30 bits per heavy atom. The number of aromatic nitrogens is 1. The second-order valence-corrected chi connectivity index (χ2v) is 5.82. The van der Waals surface area contributed by atoms with Gasteiger partial charge in [-0.15, -0.1) is 0 Å². The Morgan fingerprint density at radius 3 is 3.00 bits per heavy atom. The van der Waals surface area contributed by atoms with Crippen LogP contribution in [0.5, 0.6) is 0 Å². The standard InChI is InChI=1S/C17H22N2O/c1-12(2)19-11-13-8-10-20-17(13)15-7-9-18-16-6-4-3-5-14(15)16/h3-7,9,12-13,17,19H,8,10-11H2,1-2H3. The summed E-state index contributed by atoms with van der Waals surface area (Å²) in [6.07, 6.45) is 3.21. The summed E-state index contributed by atoms with van der Waals surface area (Å²) < 4.78 is 6.02. The van der Waals surface area contributed by atoms with Gasteiger partial charge in [-0.05, 0) is 24.1 Å². The molecule has 1 aromatic carbocycles. The van der Waals surface area contributed by atoms with Gasteiger partial charge in [-0.1, -0.05) is 32.0 Å². The summed E-state index contributed by atoms with van der Waals surface area (Å²) in [5, 5.41) is 4.76. The molecular weight excluding hydrogens is 248 g/mol. The van der Waals surface area contributed by atoms with Gasteiger partial charge in [0.2, 0.25) is 0 Å². The molecule has 2 atom stereocenters. The van der Waals surface area contributed by atoms with Crippen LogP contribution in [0, 0.1) is 5.92 Å². The molecule has 1 aliphatic rings. The van der Waals surface area contributed by atoms with Crippen LogP contribution in [-0.2, 0) is 4.74 Å². The molecule has 0 amide bonds. The molecule has 0 bridgehead atoms. The maximum atomic E-state index is 6.02. The molecule has 1 aromatic heterocycles. The Kier molecular flexibility index (Phi) is 3.99. The van der Waals surface area contributed by atoms with Crippen LogP contribution in [0.4, 0.5) is 0 Å². The van der Waals surface area contributed by atoms with E-state index in [0.717, 1.165) is 25.1 Å². The fourth-order valence-electron chi connectivity index (χ4n) is 2.94. The van der Waals surface area contributed by atoms with Gasteiger partial charge in [-0.3, -0.25) is 4.98 Å². The first-order valence-electron chi connectivity index (χ1n) is 7.44. The molecule has 106 valence electrons. The van der Waals surface area contributed by atoms with Crippen LogP contribution < -0.4 is 5.32 Å². The lowest BCUT2D eigenvalue weighted by Gasteiger charge is -2.21. The quantitative estimate of drug-likeness (QED) is 0.925. The number of benzene rings is 1. The van der Waals surface area contributed by atoms with E-state index in [0.29, 0.717) is 12.0 Å². The zero-order valence-electron chi connectivity index (χ0n) is 12.2. The van der Waals surface area contributed by atoms with Gasteiger partial charge in [0, 0.05) is 36.7 Å². The summed E-state index contributed by atoms with van der Waals surface area (Å²) in [5.41, 5.74) is 2.33. The van der Waals surface area contributed by atoms with Crippen molar-refractivity contribution < 1.29 is 4.74 Å². The Morgan fingerprint density at radius 2 is 2.15 bits per heavy atom. The number of ether oxygens (including phenoxy) is 1. The van der Waals surface area contributed by atoms with Crippen LogP contribution in [0.3, 0.4) is 0 Å². The molecule has 0 spiro atoms. The molecule has 1 fully saturated rings. The van der Waals surface area contributed by atoms with E-state index in [9.17, 15) is 0 Å². The monoisotopic (exact) mass is 270 g/mol. The van der Waals surface area contributed by atoms with Gasteiger partial charge < -0.3 is 10.1 Å². The number of hydrogen-bond donors (Lipinski definition) is 1. The molecule has 1 N–H and O–H groups in total. The second-order valence-electron chi connectivity index (χ2n) is 5.82. The molecule has 2 unspecified atom stereocenters. The Balaban J connectivity index is 1.89. The van der Waals surface area contributed by atoms with Gasteiger partial charge in [0.15, 0.2) is 0 Å². The van der Waals surface area contributed by atoms with Gasteiger partial charge in [0.1, 0.15) is 0 Å². The highest BCUT2D eigenvalue weighted by molar-refractivity contribution is 5.82. The minimum absolute atomic E-state index is 0.189. The normalized spacial score (nSPS) is 22.8. The molecule has 2 aromatic rings. The summed E-state index contributed by atoms with van der Waals surface area (Å²) in [7, 11) is 0. The summed E-state index contributed by atoms with van der Waals surface area (Å²) >= 11 is 0. The minimum Gasteiger partial charge on any atom is -0.373 e. The Bertz CT molecular complexity index is 577. The van der Waals surface area contributed by atoms with Crippen molar-refractivity contribution in [1.29, 1.82) is 0 Å². The van der Waals surface area contributed by atoms with Crippen LogP contribution in [0.2, 0.25) is 0 Å². The zero-order valence-corrected chi connectivity index (χ0v) is 12.2. The average Bonchev–Trinajstić information content (AvgIpc) is 2.92. The predicted molar refractivity (Wildman–Crippen MR) is 81.7 cm³/mol. The van der Waals surface area contributed by atoms with Crippen molar-refractivity contribution >= 4 is 10.9 Å². The van der Waals surface area contributed by atoms with E-state index in [4.69, 9.17) is 4.74 Å². The number of nitrogens with one attached hydrogen (secondary N) is 1. The third kappa shape index (κ3) is 2.69. The maximum Gasteiger partial charge on any atom is 0.0873 e. The maximum absolute atomic E-state index is 6.02. The van der Waals surface area contributed by atoms with Crippen LogP contribution in [0.1, 0.15) is 31.9 Å². The van der Waals surface area contributed by atoms with Crippen molar-refractivity contribution in [3.05, 3.63) is 42.1 Å². The fourth-order valence-corrected chi connectivity index (χ4v) is 2.94. The molecule has 3 rings (SSSR count). The van der Waals surface area contributed by atoms with Crippen LogP contribution in [0.25, 0.3) is 10.9 Å². The summed E-state index contributed by atoms with van der Waals surface area (Å²) in [5.74, 6) is 0.545. The molecule has 1 saturated heterocycles. The van der Waals surface area contributed by atoms with Crippen molar-refractivity contribution in [2.45, 2.75) is 32.4 Å². The number of hydrogen-bond acceptors (Lipinski definition) is 3. The van der Waals surface area contributed by atoms with Crippen LogP contribution in [-0.4, -0.2) is 24.2 Å². The van der Waals surface area contributed by atoms with E-state index in [1.165, 1.54) is 10.9 Å². The molecule has 20 heavy (non-hydrogen) atoms. The number of pyridine rings is 1. The predicted octanol–water partition coefficient (Wildman–Crippen LogP) is 3.31. The highest BCUT2D eigenvalue weighted by atomic mass is 16.5. The van der Waals surface area contributed by atoms with Gasteiger partial charge in [-0.25, -0.2) is 0 Å². The van der Waals surface area contributed by atoms with E-state index >= 15 is 0 Å². The number of nitrogens with zero attached hydrogens (tertiary/aromatic N) is 1. The average molecular weight is 270 g/mol. The lowest BCUT2D eigenvalue weighted by molar-refractivity contribution is 0.0912. The van der Waals surface area contributed by atoms with Gasteiger partial charge in [-0.2, -0.15) is 0 Å². The molecule has 0 saturated carbocycles. The van der Waals surface area contributed by atoms with Crippen LogP contribution in [0.15, 0.2) is 36.5 Å². The lowest BCUT2D eigenvalue weighted by Crippen LogP contribution is -2.30. The van der Waals surface area contributed by atoms with Crippen LogP contribution >= 0.6 is 0 Å². The molecule has 2 heterocycles. The summed E-state index contributed by atoms with van der Waals surface area (Å²) in [6.45, 7) is 6.24. The first kappa shape index (κ1) is 13.5. The van der Waals surface area contributed by atoms with E-state index in [-0.39, 0.29) is 6.10 Å². The fraction of sp³-hybridized carbons (Fsp3) is 0.471. The van der Waals surface area contributed by atoms with Crippen molar-refractivity contribution in [3.63, 3.8) is 0 Å². The summed E-state index contributed by atoms with van der Waals surface area (Å²) in [6, 6.07) is 10.9. The first-order chi connectivity index (χ1) is 9.75. The SMILES string of the molecule is CC(C)NCC1CCOC1c1ccnc2ccccc12. The number of fused-ring (bicyclic) bond motifs is 1. The minimum atomic E-state index is 0.189. The number of para-hydroxylation sites is 1. The van der Waals surface area contributed by atoms with E-state index < -0.39 is 0 Å². The Labute approximate surface area is 120 Å². The van der Waals surface area contributed by atoms with Crippen molar-refractivity contribution in [2.24, 2.45) is 5.92 Å². The van der Waals surface area contributed by atoms with E-state index in [1.54, 1.807) is 0 Å². The van der Waals surface area contributed by atoms with Gasteiger partial charge in [0.25, 0.3) is 0 Å². The largest absolute Gasteiger partial charge is 0.373 e. The Hall–Kier alpha value is -1.45. The highest BCUT2D eigenvalue weighted by Gasteiger charge is 2.30. The van der Waals surface area contributed by atoms with Gasteiger partial charge >= 0.3 is 0 Å².